The lowest BCUT2D eigenvalue weighted by molar-refractivity contribution is -0.118. The number of carbonyl (C=O) groups is 1. The molecule has 1 N–H and O–H groups in total. The van der Waals surface area contributed by atoms with Gasteiger partial charge in [-0.25, -0.2) is 4.39 Å². The maximum Gasteiger partial charge on any atom is 0.230 e. The zero-order valence-electron chi connectivity index (χ0n) is 13.0. The molecule has 0 atom stereocenters. The second kappa shape index (κ2) is 9.20. The molecule has 0 spiro atoms. The second-order valence-electron chi connectivity index (χ2n) is 5.07. The van der Waals surface area contributed by atoms with Crippen molar-refractivity contribution < 1.29 is 13.9 Å². The number of halogens is 1. The number of aryl methyl sites for hydroxylation is 1. The van der Waals surface area contributed by atoms with Crippen molar-refractivity contribution >= 4 is 17.7 Å². The first kappa shape index (κ1) is 17.3. The van der Waals surface area contributed by atoms with Crippen molar-refractivity contribution in [2.24, 2.45) is 0 Å². The molecule has 0 fully saturated rings. The van der Waals surface area contributed by atoms with Crippen LogP contribution in [0.1, 0.15) is 11.1 Å². The fourth-order valence-electron chi connectivity index (χ4n) is 1.97. The lowest BCUT2D eigenvalue weighted by Crippen LogP contribution is -2.29. The number of nitrogens with one attached hydrogen (secondary N) is 1. The van der Waals surface area contributed by atoms with Gasteiger partial charge in [0.2, 0.25) is 5.91 Å². The van der Waals surface area contributed by atoms with Crippen LogP contribution in [0.25, 0.3) is 0 Å². The van der Waals surface area contributed by atoms with Crippen molar-refractivity contribution in [2.75, 3.05) is 18.9 Å². The average molecular weight is 333 g/mol. The molecule has 2 aromatic carbocycles. The Balaban J connectivity index is 1.58. The van der Waals surface area contributed by atoms with E-state index in [9.17, 15) is 9.18 Å². The molecule has 3 nitrogen and oxygen atoms in total. The molecule has 0 aromatic heterocycles. The minimum atomic E-state index is -0.295. The normalized spacial score (nSPS) is 10.3. The van der Waals surface area contributed by atoms with Crippen molar-refractivity contribution in [3.05, 3.63) is 65.5 Å². The molecule has 2 rings (SSSR count). The van der Waals surface area contributed by atoms with Crippen LogP contribution >= 0.6 is 11.8 Å². The third kappa shape index (κ3) is 6.32. The summed E-state index contributed by atoms with van der Waals surface area (Å²) in [6.07, 6.45) is 0. The van der Waals surface area contributed by atoms with E-state index in [1.165, 1.54) is 23.3 Å². The largest absolute Gasteiger partial charge is 0.492 e. The molecule has 0 radical (unpaired) electrons. The molecule has 0 saturated heterocycles. The number of hydrogen-bond acceptors (Lipinski definition) is 3. The molecule has 0 aliphatic heterocycles. The predicted molar refractivity (Wildman–Crippen MR) is 92.2 cm³/mol. The van der Waals surface area contributed by atoms with Gasteiger partial charge in [-0.3, -0.25) is 4.79 Å². The molecule has 23 heavy (non-hydrogen) atoms. The standard InChI is InChI=1S/C18H20FNO2S/c1-14-4-2-3-5-15(14)12-23-13-18(21)20-10-11-22-17-8-6-16(19)7-9-17/h2-9H,10-13H2,1H3,(H,20,21). The van der Waals surface area contributed by atoms with Crippen LogP contribution in [0.5, 0.6) is 5.75 Å². The summed E-state index contributed by atoms with van der Waals surface area (Å²) < 4.78 is 18.1. The smallest absolute Gasteiger partial charge is 0.230 e. The van der Waals surface area contributed by atoms with E-state index in [0.717, 1.165) is 5.75 Å². The van der Waals surface area contributed by atoms with E-state index in [1.807, 2.05) is 12.1 Å². The zero-order chi connectivity index (χ0) is 16.5. The summed E-state index contributed by atoms with van der Waals surface area (Å²) in [5.74, 6) is 1.54. The van der Waals surface area contributed by atoms with Crippen molar-refractivity contribution in [2.45, 2.75) is 12.7 Å². The van der Waals surface area contributed by atoms with Gasteiger partial charge in [-0.1, -0.05) is 24.3 Å². The Morgan fingerprint density at radius 2 is 1.91 bits per heavy atom. The number of benzene rings is 2. The molecule has 5 heteroatoms. The fraction of sp³-hybridized carbons (Fsp3) is 0.278. The van der Waals surface area contributed by atoms with Crippen LogP contribution in [0, 0.1) is 12.7 Å². The van der Waals surface area contributed by atoms with E-state index in [-0.39, 0.29) is 11.7 Å². The van der Waals surface area contributed by atoms with E-state index in [2.05, 4.69) is 24.4 Å². The van der Waals surface area contributed by atoms with Crippen molar-refractivity contribution in [3.8, 4) is 5.75 Å². The summed E-state index contributed by atoms with van der Waals surface area (Å²) in [6.45, 7) is 2.86. The topological polar surface area (TPSA) is 38.3 Å². The summed E-state index contributed by atoms with van der Waals surface area (Å²) in [6, 6.07) is 14.0. The number of amides is 1. The maximum absolute atomic E-state index is 12.7. The Labute approximate surface area is 140 Å². The van der Waals surface area contributed by atoms with Gasteiger partial charge in [-0.15, -0.1) is 11.8 Å². The minimum absolute atomic E-state index is 0.00806. The zero-order valence-corrected chi connectivity index (χ0v) is 13.9. The van der Waals surface area contributed by atoms with Crippen molar-refractivity contribution in [1.82, 2.24) is 5.32 Å². The Bertz CT molecular complexity index is 631. The van der Waals surface area contributed by atoms with E-state index in [0.29, 0.717) is 24.7 Å². The second-order valence-corrected chi connectivity index (χ2v) is 6.06. The first-order chi connectivity index (χ1) is 11.1. The fourth-order valence-corrected chi connectivity index (χ4v) is 2.90. The summed E-state index contributed by atoms with van der Waals surface area (Å²) >= 11 is 1.59. The number of carbonyl (C=O) groups excluding carboxylic acids is 1. The number of ether oxygens (including phenoxy) is 1. The van der Waals surface area contributed by atoms with Crippen LogP contribution in [0.4, 0.5) is 4.39 Å². The third-order valence-electron chi connectivity index (χ3n) is 3.26. The highest BCUT2D eigenvalue weighted by molar-refractivity contribution is 7.99. The molecule has 122 valence electrons. The van der Waals surface area contributed by atoms with Gasteiger partial charge in [0.25, 0.3) is 0 Å². The summed E-state index contributed by atoms with van der Waals surface area (Å²) in [5, 5.41) is 2.81. The van der Waals surface area contributed by atoms with Gasteiger partial charge >= 0.3 is 0 Å². The average Bonchev–Trinajstić information content (AvgIpc) is 2.55. The molecule has 0 saturated carbocycles. The molecule has 0 aliphatic rings. The van der Waals surface area contributed by atoms with Crippen LogP contribution in [0.2, 0.25) is 0 Å². The van der Waals surface area contributed by atoms with E-state index in [1.54, 1.807) is 23.9 Å². The van der Waals surface area contributed by atoms with Crippen LogP contribution in [-0.4, -0.2) is 24.8 Å². The molecular weight excluding hydrogens is 313 g/mol. The highest BCUT2D eigenvalue weighted by Crippen LogP contribution is 2.15. The molecular formula is C18H20FNO2S. The molecule has 0 heterocycles. The van der Waals surface area contributed by atoms with Gasteiger partial charge in [0.15, 0.2) is 0 Å². The monoisotopic (exact) mass is 333 g/mol. The Kier molecular flexibility index (Phi) is 6.94. The minimum Gasteiger partial charge on any atom is -0.492 e. The third-order valence-corrected chi connectivity index (χ3v) is 4.24. The highest BCUT2D eigenvalue weighted by Gasteiger charge is 2.03. The quantitative estimate of drug-likeness (QED) is 0.751. The van der Waals surface area contributed by atoms with Crippen molar-refractivity contribution in [1.29, 1.82) is 0 Å². The Morgan fingerprint density at radius 1 is 1.17 bits per heavy atom. The number of thioether (sulfide) groups is 1. The Morgan fingerprint density at radius 3 is 2.65 bits per heavy atom. The lowest BCUT2D eigenvalue weighted by atomic mass is 10.1. The van der Waals surface area contributed by atoms with E-state index >= 15 is 0 Å². The first-order valence-electron chi connectivity index (χ1n) is 7.42. The van der Waals surface area contributed by atoms with Crippen LogP contribution in [0.15, 0.2) is 48.5 Å². The van der Waals surface area contributed by atoms with E-state index in [4.69, 9.17) is 4.74 Å². The van der Waals surface area contributed by atoms with E-state index < -0.39 is 0 Å². The molecule has 2 aromatic rings. The number of hydrogen-bond donors (Lipinski definition) is 1. The van der Waals surface area contributed by atoms with Gasteiger partial charge in [-0.2, -0.15) is 0 Å². The lowest BCUT2D eigenvalue weighted by Gasteiger charge is -2.08. The molecule has 0 unspecified atom stereocenters. The molecule has 1 amide bonds. The Hall–Kier alpha value is -2.01. The number of rotatable bonds is 8. The summed E-state index contributed by atoms with van der Waals surface area (Å²) in [4.78, 5) is 11.7. The van der Waals surface area contributed by atoms with Crippen LogP contribution in [-0.2, 0) is 10.5 Å². The summed E-state index contributed by atoms with van der Waals surface area (Å²) in [7, 11) is 0. The van der Waals surface area contributed by atoms with Gasteiger partial charge in [0.1, 0.15) is 18.2 Å². The van der Waals surface area contributed by atoms with Gasteiger partial charge in [0, 0.05) is 5.75 Å². The molecule has 0 aliphatic carbocycles. The predicted octanol–water partition coefficient (Wildman–Crippen LogP) is 3.56. The SMILES string of the molecule is Cc1ccccc1CSCC(=O)NCCOc1ccc(F)cc1. The highest BCUT2D eigenvalue weighted by atomic mass is 32.2. The van der Waals surface area contributed by atoms with Crippen molar-refractivity contribution in [3.63, 3.8) is 0 Å². The van der Waals surface area contributed by atoms with Gasteiger partial charge < -0.3 is 10.1 Å². The maximum atomic E-state index is 12.7. The summed E-state index contributed by atoms with van der Waals surface area (Å²) in [5.41, 5.74) is 2.50. The molecule has 0 bridgehead atoms. The van der Waals surface area contributed by atoms with Crippen LogP contribution < -0.4 is 10.1 Å². The van der Waals surface area contributed by atoms with Gasteiger partial charge in [-0.05, 0) is 42.3 Å². The van der Waals surface area contributed by atoms with Gasteiger partial charge in [0.05, 0.1) is 12.3 Å². The van der Waals surface area contributed by atoms with Crippen LogP contribution in [0.3, 0.4) is 0 Å². The first-order valence-corrected chi connectivity index (χ1v) is 8.58.